The van der Waals surface area contributed by atoms with Gasteiger partial charge in [0.1, 0.15) is 11.6 Å². The number of benzene rings is 3. The first kappa shape index (κ1) is 25.5. The van der Waals surface area contributed by atoms with Gasteiger partial charge < -0.3 is 0 Å². The molecule has 3 aromatic carbocycles. The number of aryl methyl sites for hydroxylation is 2. The Kier molecular flexibility index (Phi) is 6.79. The molecular formula is C36H40F2. The van der Waals surface area contributed by atoms with Gasteiger partial charge in [0, 0.05) is 0 Å². The Labute approximate surface area is 227 Å². The van der Waals surface area contributed by atoms with Crippen LogP contribution >= 0.6 is 0 Å². The Hall–Kier alpha value is -2.74. The van der Waals surface area contributed by atoms with Crippen LogP contribution < -0.4 is 0 Å². The maximum Gasteiger partial charge on any atom is 0.126 e. The van der Waals surface area contributed by atoms with E-state index in [0.29, 0.717) is 23.7 Å². The quantitative estimate of drug-likeness (QED) is 0.310. The smallest absolute Gasteiger partial charge is 0.126 e. The second-order valence-electron chi connectivity index (χ2n) is 12.6. The Morgan fingerprint density at radius 2 is 1.47 bits per heavy atom. The van der Waals surface area contributed by atoms with Gasteiger partial charge in [-0.3, -0.25) is 0 Å². The lowest BCUT2D eigenvalue weighted by Crippen LogP contribution is -2.13. The maximum absolute atomic E-state index is 15.3. The summed E-state index contributed by atoms with van der Waals surface area (Å²) in [5.74, 6) is 1.53. The maximum atomic E-state index is 15.3. The highest BCUT2D eigenvalue weighted by atomic mass is 19.1. The average molecular weight is 511 g/mol. The molecule has 3 aromatic rings. The summed E-state index contributed by atoms with van der Waals surface area (Å²) in [6, 6.07) is 16.5. The summed E-state index contributed by atoms with van der Waals surface area (Å²) >= 11 is 0. The summed E-state index contributed by atoms with van der Waals surface area (Å²) in [5.41, 5.74) is 13.1. The average Bonchev–Trinajstić information content (AvgIpc) is 3.60. The third-order valence-electron chi connectivity index (χ3n) is 9.86. The number of rotatable bonds is 6. The number of halogens is 2. The van der Waals surface area contributed by atoms with Crippen LogP contribution in [0.2, 0.25) is 0 Å². The van der Waals surface area contributed by atoms with Crippen LogP contribution in [0.15, 0.2) is 54.1 Å². The minimum atomic E-state index is -0.143. The van der Waals surface area contributed by atoms with Gasteiger partial charge in [-0.05, 0) is 157 Å². The molecule has 4 unspecified atom stereocenters. The Balaban J connectivity index is 1.20. The van der Waals surface area contributed by atoms with Crippen molar-refractivity contribution in [2.24, 2.45) is 11.8 Å². The van der Waals surface area contributed by atoms with E-state index in [2.05, 4.69) is 52.0 Å². The van der Waals surface area contributed by atoms with E-state index in [1.165, 1.54) is 39.0 Å². The third-order valence-corrected chi connectivity index (χ3v) is 9.86. The second kappa shape index (κ2) is 10.1. The molecule has 0 spiro atoms. The molecule has 0 heterocycles. The topological polar surface area (TPSA) is 0 Å². The van der Waals surface area contributed by atoms with Gasteiger partial charge in [0.25, 0.3) is 0 Å². The molecule has 0 aromatic heterocycles. The summed E-state index contributed by atoms with van der Waals surface area (Å²) in [6.07, 6.45) is 8.11. The predicted molar refractivity (Wildman–Crippen MR) is 154 cm³/mol. The largest absolute Gasteiger partial charge is 0.207 e. The molecule has 0 N–H and O–H groups in total. The lowest BCUT2D eigenvalue weighted by molar-refractivity contribution is 0.447. The van der Waals surface area contributed by atoms with Gasteiger partial charge in [0.05, 0.1) is 0 Å². The summed E-state index contributed by atoms with van der Waals surface area (Å²) in [4.78, 5) is 0. The molecule has 3 aliphatic rings. The highest BCUT2D eigenvalue weighted by molar-refractivity contribution is 5.75. The van der Waals surface area contributed by atoms with Gasteiger partial charge in [0.15, 0.2) is 0 Å². The van der Waals surface area contributed by atoms with E-state index >= 15 is 4.39 Å². The Morgan fingerprint density at radius 3 is 2.26 bits per heavy atom. The van der Waals surface area contributed by atoms with Crippen molar-refractivity contribution in [1.82, 2.24) is 0 Å². The molecule has 3 aliphatic carbocycles. The van der Waals surface area contributed by atoms with Crippen LogP contribution in [0.4, 0.5) is 8.78 Å². The number of hydrogen-bond acceptors (Lipinski definition) is 0. The van der Waals surface area contributed by atoms with E-state index in [1.807, 2.05) is 6.07 Å². The van der Waals surface area contributed by atoms with Crippen molar-refractivity contribution in [3.63, 3.8) is 0 Å². The molecule has 0 aliphatic heterocycles. The van der Waals surface area contributed by atoms with Crippen molar-refractivity contribution in [3.05, 3.63) is 110 Å². The first-order valence-electron chi connectivity index (χ1n) is 14.7. The van der Waals surface area contributed by atoms with Crippen molar-refractivity contribution in [2.45, 2.75) is 90.9 Å². The summed E-state index contributed by atoms with van der Waals surface area (Å²) < 4.78 is 29.1. The standard InChI is InChI=1S/C36H40F2/c1-21(2)29-10-7-26-6-5-24(17-34(26)29)15-22(3)31-13-14-33-35(31)18-25(19-36(33)38)16-23(4)30-11-8-27-20-28(37)9-12-32(27)30/h5-6,9,12,17-20,22-23,30-31H,7-8,10-11,13-16H2,1-4H3. The monoisotopic (exact) mass is 510 g/mol. The molecule has 2 heteroatoms. The normalized spacial score (nSPS) is 21.3. The number of hydrogen-bond donors (Lipinski definition) is 0. The van der Waals surface area contributed by atoms with Crippen LogP contribution in [0, 0.1) is 23.5 Å². The van der Waals surface area contributed by atoms with Crippen LogP contribution in [-0.4, -0.2) is 0 Å². The van der Waals surface area contributed by atoms with Gasteiger partial charge in [0.2, 0.25) is 0 Å². The lowest BCUT2D eigenvalue weighted by Gasteiger charge is -2.23. The predicted octanol–water partition coefficient (Wildman–Crippen LogP) is 9.52. The molecule has 38 heavy (non-hydrogen) atoms. The fourth-order valence-corrected chi connectivity index (χ4v) is 7.88. The van der Waals surface area contributed by atoms with Crippen molar-refractivity contribution in [2.75, 3.05) is 0 Å². The summed E-state index contributed by atoms with van der Waals surface area (Å²) in [5, 5.41) is 0. The van der Waals surface area contributed by atoms with E-state index < -0.39 is 0 Å². The minimum Gasteiger partial charge on any atom is -0.207 e. The molecule has 198 valence electrons. The Bertz CT molecular complexity index is 1410. The van der Waals surface area contributed by atoms with Gasteiger partial charge >= 0.3 is 0 Å². The lowest BCUT2D eigenvalue weighted by atomic mass is 9.81. The van der Waals surface area contributed by atoms with Crippen molar-refractivity contribution in [3.8, 4) is 0 Å². The van der Waals surface area contributed by atoms with Crippen LogP contribution in [0.3, 0.4) is 0 Å². The molecule has 4 atom stereocenters. The van der Waals surface area contributed by atoms with Gasteiger partial charge in [-0.2, -0.15) is 0 Å². The number of allylic oxidation sites excluding steroid dienone is 2. The molecule has 0 saturated carbocycles. The Morgan fingerprint density at radius 1 is 0.737 bits per heavy atom. The van der Waals surface area contributed by atoms with E-state index in [9.17, 15) is 4.39 Å². The fourth-order valence-electron chi connectivity index (χ4n) is 7.88. The minimum absolute atomic E-state index is 0.0148. The van der Waals surface area contributed by atoms with Crippen LogP contribution in [-0.2, 0) is 32.1 Å². The van der Waals surface area contributed by atoms with E-state index in [1.54, 1.807) is 18.2 Å². The van der Waals surface area contributed by atoms with Gasteiger partial charge in [-0.15, -0.1) is 0 Å². The van der Waals surface area contributed by atoms with Crippen LogP contribution in [0.1, 0.15) is 103 Å². The zero-order chi connectivity index (χ0) is 26.6. The van der Waals surface area contributed by atoms with Crippen molar-refractivity contribution < 1.29 is 8.78 Å². The fraction of sp³-hybridized carbons (Fsp3) is 0.444. The van der Waals surface area contributed by atoms with Crippen LogP contribution in [0.25, 0.3) is 5.57 Å². The van der Waals surface area contributed by atoms with E-state index in [4.69, 9.17) is 0 Å². The van der Waals surface area contributed by atoms with E-state index in [-0.39, 0.29) is 11.6 Å². The molecular weight excluding hydrogens is 470 g/mol. The molecule has 0 bridgehead atoms. The first-order chi connectivity index (χ1) is 18.3. The second-order valence-corrected chi connectivity index (χ2v) is 12.6. The molecule has 0 radical (unpaired) electrons. The molecule has 6 rings (SSSR count). The van der Waals surface area contributed by atoms with Crippen molar-refractivity contribution >= 4 is 5.57 Å². The van der Waals surface area contributed by atoms with Gasteiger partial charge in [-0.1, -0.05) is 49.8 Å². The van der Waals surface area contributed by atoms with Gasteiger partial charge in [-0.25, -0.2) is 8.78 Å². The highest BCUT2D eigenvalue weighted by Gasteiger charge is 2.32. The summed E-state index contributed by atoms with van der Waals surface area (Å²) in [7, 11) is 0. The van der Waals surface area contributed by atoms with Crippen LogP contribution in [0.5, 0.6) is 0 Å². The first-order valence-corrected chi connectivity index (χ1v) is 14.7. The van der Waals surface area contributed by atoms with Crippen molar-refractivity contribution in [1.29, 1.82) is 0 Å². The van der Waals surface area contributed by atoms with E-state index in [0.717, 1.165) is 68.1 Å². The molecule has 0 nitrogen and oxygen atoms in total. The zero-order valence-electron chi connectivity index (χ0n) is 23.3. The molecule has 0 fully saturated rings. The number of fused-ring (bicyclic) bond motifs is 3. The molecule has 0 amide bonds. The zero-order valence-corrected chi connectivity index (χ0v) is 23.3. The molecule has 0 saturated heterocycles. The summed E-state index contributed by atoms with van der Waals surface area (Å²) in [6.45, 7) is 9.10. The highest BCUT2D eigenvalue weighted by Crippen LogP contribution is 2.44. The SMILES string of the molecule is CC(C)=C1CCc2ccc(CC(C)C3CCc4c(F)cc(CC(C)C5CCc6cc(F)ccc65)cc43)cc21. The third kappa shape index (κ3) is 4.65.